The first-order valence-corrected chi connectivity index (χ1v) is 11.1. The van der Waals surface area contributed by atoms with Crippen molar-refractivity contribution < 1.29 is 23.9 Å². The summed E-state index contributed by atoms with van der Waals surface area (Å²) in [7, 11) is 1.24. The summed E-state index contributed by atoms with van der Waals surface area (Å²) in [5.41, 5.74) is 0.412. The molecule has 2 fully saturated rings. The molecule has 1 aromatic rings. The van der Waals surface area contributed by atoms with E-state index in [1.54, 1.807) is 18.3 Å². The highest BCUT2D eigenvalue weighted by molar-refractivity contribution is 5.96. The van der Waals surface area contributed by atoms with E-state index in [1.165, 1.54) is 30.0 Å². The van der Waals surface area contributed by atoms with Gasteiger partial charge in [0.05, 0.1) is 19.2 Å². The highest BCUT2D eigenvalue weighted by atomic mass is 16.5. The number of ether oxygens (including phenoxy) is 1. The molecule has 0 bridgehead atoms. The average molecular weight is 446 g/mol. The van der Waals surface area contributed by atoms with Gasteiger partial charge in [-0.3, -0.25) is 14.6 Å². The standard InChI is InChI=1S/C22H31N5O5/c1-15(21(30)32-2)24-19(28)18-14-26(20(29)16-7-6-10-23-13-16)11-12-27(18)22(31)25-17-8-4-3-5-9-17/h6-7,10,13,15,17-18H,3-5,8-9,11-12,14H2,1-2H3,(H,24,28)(H,25,31)/t15-,18-/m1/s1. The maximum atomic E-state index is 13.0. The number of piperazine rings is 1. The highest BCUT2D eigenvalue weighted by Gasteiger charge is 2.38. The van der Waals surface area contributed by atoms with Crippen molar-refractivity contribution in [3.05, 3.63) is 30.1 Å². The number of carbonyl (C=O) groups is 4. The Morgan fingerprint density at radius 2 is 1.91 bits per heavy atom. The van der Waals surface area contributed by atoms with Crippen LogP contribution >= 0.6 is 0 Å². The molecule has 1 aliphatic carbocycles. The van der Waals surface area contributed by atoms with Crippen molar-refractivity contribution in [1.82, 2.24) is 25.4 Å². The average Bonchev–Trinajstić information content (AvgIpc) is 2.83. The molecule has 4 amide bonds. The van der Waals surface area contributed by atoms with Crippen LogP contribution in [0.3, 0.4) is 0 Å². The minimum absolute atomic E-state index is 0.0194. The molecule has 2 N–H and O–H groups in total. The summed E-state index contributed by atoms with van der Waals surface area (Å²) in [5.74, 6) is -1.36. The van der Waals surface area contributed by atoms with Crippen LogP contribution in [0, 0.1) is 0 Å². The van der Waals surface area contributed by atoms with E-state index in [0.717, 1.165) is 32.1 Å². The fourth-order valence-corrected chi connectivity index (χ4v) is 4.16. The Morgan fingerprint density at radius 3 is 2.56 bits per heavy atom. The third kappa shape index (κ3) is 5.74. The summed E-state index contributed by atoms with van der Waals surface area (Å²) in [5, 5.41) is 5.64. The lowest BCUT2D eigenvalue weighted by molar-refractivity contribution is -0.145. The zero-order chi connectivity index (χ0) is 23.1. The topological polar surface area (TPSA) is 121 Å². The fourth-order valence-electron chi connectivity index (χ4n) is 4.16. The van der Waals surface area contributed by atoms with Crippen LogP contribution in [0.15, 0.2) is 24.5 Å². The summed E-state index contributed by atoms with van der Waals surface area (Å²) in [4.78, 5) is 57.7. The van der Waals surface area contributed by atoms with Gasteiger partial charge < -0.3 is 25.2 Å². The maximum Gasteiger partial charge on any atom is 0.328 e. The molecule has 0 unspecified atom stereocenters. The van der Waals surface area contributed by atoms with Crippen LogP contribution in [0.5, 0.6) is 0 Å². The fraction of sp³-hybridized carbons (Fsp3) is 0.591. The summed E-state index contributed by atoms with van der Waals surface area (Å²) in [6.45, 7) is 2.03. The second kappa shape index (κ2) is 10.9. The second-order valence-electron chi connectivity index (χ2n) is 8.24. The predicted octanol–water partition coefficient (Wildman–Crippen LogP) is 0.928. The van der Waals surface area contributed by atoms with E-state index in [0.29, 0.717) is 12.1 Å². The first-order valence-electron chi connectivity index (χ1n) is 11.1. The molecule has 10 nitrogen and oxygen atoms in total. The number of esters is 1. The van der Waals surface area contributed by atoms with Crippen molar-refractivity contribution in [2.75, 3.05) is 26.7 Å². The second-order valence-corrected chi connectivity index (χ2v) is 8.24. The lowest BCUT2D eigenvalue weighted by Gasteiger charge is -2.41. The Hall–Kier alpha value is -3.17. The number of methoxy groups -OCH3 is 1. The number of nitrogens with zero attached hydrogens (tertiary/aromatic N) is 3. The van der Waals surface area contributed by atoms with Gasteiger partial charge in [-0.2, -0.15) is 0 Å². The molecule has 2 aliphatic rings. The molecule has 2 atom stereocenters. The number of urea groups is 1. The highest BCUT2D eigenvalue weighted by Crippen LogP contribution is 2.19. The van der Waals surface area contributed by atoms with Gasteiger partial charge in [0.2, 0.25) is 5.91 Å². The third-order valence-corrected chi connectivity index (χ3v) is 5.99. The van der Waals surface area contributed by atoms with Crippen LogP contribution < -0.4 is 10.6 Å². The monoisotopic (exact) mass is 445 g/mol. The van der Waals surface area contributed by atoms with Gasteiger partial charge in [-0.05, 0) is 31.9 Å². The molecule has 0 spiro atoms. The number of hydrogen-bond donors (Lipinski definition) is 2. The number of amides is 4. The Balaban J connectivity index is 1.74. The molecule has 174 valence electrons. The Kier molecular flexibility index (Phi) is 8.02. The van der Waals surface area contributed by atoms with E-state index in [1.807, 2.05) is 0 Å². The number of nitrogens with one attached hydrogen (secondary N) is 2. The Morgan fingerprint density at radius 1 is 1.16 bits per heavy atom. The van der Waals surface area contributed by atoms with Crippen molar-refractivity contribution in [1.29, 1.82) is 0 Å². The minimum Gasteiger partial charge on any atom is -0.467 e. The van der Waals surface area contributed by atoms with E-state index in [9.17, 15) is 19.2 Å². The summed E-state index contributed by atoms with van der Waals surface area (Å²) in [6.07, 6.45) is 8.19. The molecule has 1 aromatic heterocycles. The van der Waals surface area contributed by atoms with Gasteiger partial charge in [-0.25, -0.2) is 9.59 Å². The van der Waals surface area contributed by atoms with Crippen LogP contribution in [0.1, 0.15) is 49.4 Å². The van der Waals surface area contributed by atoms with Crippen molar-refractivity contribution in [2.24, 2.45) is 0 Å². The molecule has 1 aliphatic heterocycles. The summed E-state index contributed by atoms with van der Waals surface area (Å²) in [6, 6.07) is 1.29. The van der Waals surface area contributed by atoms with Crippen LogP contribution in [0.4, 0.5) is 4.79 Å². The summed E-state index contributed by atoms with van der Waals surface area (Å²) >= 11 is 0. The molecule has 3 rings (SSSR count). The van der Waals surface area contributed by atoms with Gasteiger partial charge in [0.1, 0.15) is 12.1 Å². The number of pyridine rings is 1. The number of rotatable bonds is 5. The van der Waals surface area contributed by atoms with Crippen LogP contribution in [0.25, 0.3) is 0 Å². The molecule has 2 heterocycles. The van der Waals surface area contributed by atoms with Crippen LogP contribution in [0.2, 0.25) is 0 Å². The minimum atomic E-state index is -0.930. The number of hydrogen-bond acceptors (Lipinski definition) is 6. The SMILES string of the molecule is COC(=O)[C@@H](C)NC(=O)[C@H]1CN(C(=O)c2cccnc2)CCN1C(=O)NC1CCCCC1. The van der Waals surface area contributed by atoms with E-state index in [2.05, 4.69) is 20.4 Å². The van der Waals surface area contributed by atoms with Gasteiger partial charge in [0.15, 0.2) is 0 Å². The first-order chi connectivity index (χ1) is 15.4. The molecular weight excluding hydrogens is 414 g/mol. The predicted molar refractivity (Wildman–Crippen MR) is 116 cm³/mol. The van der Waals surface area contributed by atoms with Crippen LogP contribution in [-0.4, -0.2) is 83.5 Å². The molecule has 0 radical (unpaired) electrons. The molecule has 32 heavy (non-hydrogen) atoms. The number of carbonyl (C=O) groups excluding carboxylic acids is 4. The zero-order valence-corrected chi connectivity index (χ0v) is 18.6. The van der Waals surface area contributed by atoms with E-state index >= 15 is 0 Å². The lowest BCUT2D eigenvalue weighted by Crippen LogP contribution is -2.64. The first kappa shape index (κ1) is 23.5. The molecular formula is C22H31N5O5. The lowest BCUT2D eigenvalue weighted by atomic mass is 9.95. The van der Waals surface area contributed by atoms with E-state index in [4.69, 9.17) is 0 Å². The normalized spacial score (nSPS) is 20.2. The Bertz CT molecular complexity index is 827. The smallest absolute Gasteiger partial charge is 0.328 e. The van der Waals surface area contributed by atoms with Gasteiger partial charge in [0.25, 0.3) is 5.91 Å². The quantitative estimate of drug-likeness (QED) is 0.651. The largest absolute Gasteiger partial charge is 0.467 e. The van der Waals surface area contributed by atoms with E-state index < -0.39 is 24.0 Å². The zero-order valence-electron chi connectivity index (χ0n) is 18.6. The van der Waals surface area contributed by atoms with Gasteiger partial charge in [-0.1, -0.05) is 19.3 Å². The van der Waals surface area contributed by atoms with Crippen molar-refractivity contribution in [3.8, 4) is 0 Å². The van der Waals surface area contributed by atoms with Crippen molar-refractivity contribution >= 4 is 23.8 Å². The summed E-state index contributed by atoms with van der Waals surface area (Å²) < 4.78 is 4.67. The third-order valence-electron chi connectivity index (χ3n) is 5.99. The van der Waals surface area contributed by atoms with Crippen molar-refractivity contribution in [2.45, 2.75) is 57.2 Å². The van der Waals surface area contributed by atoms with E-state index in [-0.39, 0.29) is 31.1 Å². The molecule has 0 aromatic carbocycles. The van der Waals surface area contributed by atoms with Crippen LogP contribution in [-0.2, 0) is 14.3 Å². The number of aromatic nitrogens is 1. The van der Waals surface area contributed by atoms with Gasteiger partial charge >= 0.3 is 12.0 Å². The van der Waals surface area contributed by atoms with Gasteiger partial charge in [0, 0.05) is 31.5 Å². The molecule has 1 saturated heterocycles. The Labute approximate surface area is 187 Å². The maximum absolute atomic E-state index is 13.0. The van der Waals surface area contributed by atoms with Gasteiger partial charge in [-0.15, -0.1) is 0 Å². The molecule has 10 heteroatoms. The molecule has 1 saturated carbocycles. The van der Waals surface area contributed by atoms with Crippen molar-refractivity contribution in [3.63, 3.8) is 0 Å².